The third kappa shape index (κ3) is 16.9. The molecule has 85 heavy (non-hydrogen) atoms. The second-order valence-electron chi connectivity index (χ2n) is 23.2. The van der Waals surface area contributed by atoms with Crippen LogP contribution in [0.15, 0.2) is 78.9 Å². The average molecular weight is 1180 g/mol. The smallest absolute Gasteiger partial charge is 0.330 e. The molecule has 3 aliphatic rings. The van der Waals surface area contributed by atoms with E-state index >= 15 is 0 Å². The highest BCUT2D eigenvalue weighted by atomic mass is 16.5. The van der Waals surface area contributed by atoms with Crippen LogP contribution in [0.3, 0.4) is 0 Å². The molecule has 3 heterocycles. The van der Waals surface area contributed by atoms with Crippen LogP contribution in [0.5, 0.6) is 23.0 Å². The van der Waals surface area contributed by atoms with Gasteiger partial charge < -0.3 is 63.0 Å². The molecule has 1 unspecified atom stereocenters. The minimum atomic E-state index is -1.51. The molecule has 462 valence electrons. The molecule has 2 fully saturated rings. The Morgan fingerprint density at radius 3 is 2.06 bits per heavy atom. The summed E-state index contributed by atoms with van der Waals surface area (Å²) < 4.78 is 41.1. The van der Waals surface area contributed by atoms with E-state index in [0.29, 0.717) is 59.6 Å². The summed E-state index contributed by atoms with van der Waals surface area (Å²) in [6.45, 7) is 9.07. The molecule has 0 saturated carbocycles. The molecule has 6 rings (SSSR count). The third-order valence-electron chi connectivity index (χ3n) is 15.6. The van der Waals surface area contributed by atoms with Crippen LogP contribution in [-0.2, 0) is 63.8 Å². The number of likely N-dealkylation sites (N-methyl/N-ethyl adjacent to an activating group) is 3. The van der Waals surface area contributed by atoms with Crippen molar-refractivity contribution in [2.45, 2.75) is 135 Å². The molecule has 0 aliphatic carbocycles. The summed E-state index contributed by atoms with van der Waals surface area (Å²) >= 11 is 0. The number of fused-ring (bicyclic) bond motifs is 4. The highest BCUT2D eigenvalue weighted by Crippen LogP contribution is 2.40. The van der Waals surface area contributed by atoms with E-state index < -0.39 is 108 Å². The zero-order chi connectivity index (χ0) is 62.3. The zero-order valence-electron chi connectivity index (χ0n) is 51.1. The van der Waals surface area contributed by atoms with E-state index in [0.717, 1.165) is 0 Å². The molecule has 22 heteroatoms. The van der Waals surface area contributed by atoms with Crippen molar-refractivity contribution < 1.29 is 76.3 Å². The minimum Gasteiger partial charge on any atom is -0.496 e. The Bertz CT molecular complexity index is 2920. The summed E-state index contributed by atoms with van der Waals surface area (Å²) in [4.78, 5) is 135. The summed E-state index contributed by atoms with van der Waals surface area (Å²) in [5.41, 5.74) is -0.789. The van der Waals surface area contributed by atoms with Gasteiger partial charge in [-0.2, -0.15) is 0 Å². The number of cyclic esters (lactones) is 2. The van der Waals surface area contributed by atoms with Gasteiger partial charge in [-0.3, -0.25) is 33.6 Å². The first-order chi connectivity index (χ1) is 40.3. The number of esters is 2. The first-order valence-electron chi connectivity index (χ1n) is 28.8. The van der Waals surface area contributed by atoms with Gasteiger partial charge in [-0.05, 0) is 128 Å². The van der Waals surface area contributed by atoms with E-state index in [2.05, 4.69) is 5.32 Å². The lowest BCUT2D eigenvalue weighted by molar-refractivity contribution is -0.165. The van der Waals surface area contributed by atoms with E-state index in [4.69, 9.17) is 33.2 Å². The third-order valence-corrected chi connectivity index (χ3v) is 15.6. The van der Waals surface area contributed by atoms with Crippen LogP contribution in [0.2, 0.25) is 0 Å². The van der Waals surface area contributed by atoms with E-state index in [1.54, 1.807) is 94.5 Å². The molecule has 3 aliphatic heterocycles. The Morgan fingerprint density at radius 1 is 0.706 bits per heavy atom. The lowest BCUT2D eigenvalue weighted by atomic mass is 9.87. The van der Waals surface area contributed by atoms with Crippen molar-refractivity contribution >= 4 is 53.2 Å². The maximum absolute atomic E-state index is 14.9. The SMILES string of the molecule is COc1ccc(OC)c(OC)c1CC[C@H]1OC(=O)[C@@H]2CCCCN2C(=O)C(=O)C(C)(C)COC(=O)/C=C\CCN(C)C(=O)[C@@H]2CCCN2C(=O)[C@H](COC(C)(C)C)N(C)C(=O)C(c2ccccc2)NC(=O)[C@H](C)N(C)C(=O)COc2cccc1c2. The molecule has 0 radical (unpaired) electrons. The maximum atomic E-state index is 14.9. The molecule has 0 spiro atoms. The number of piperidine rings is 1. The van der Waals surface area contributed by atoms with Crippen molar-refractivity contribution in [3.05, 3.63) is 95.6 Å². The quantitative estimate of drug-likeness (QED) is 0.203. The molecule has 2 bridgehead atoms. The molecule has 0 aromatic heterocycles. The van der Waals surface area contributed by atoms with Gasteiger partial charge in [-0.1, -0.05) is 48.5 Å². The van der Waals surface area contributed by atoms with Crippen LogP contribution < -0.4 is 24.3 Å². The fourth-order valence-electron chi connectivity index (χ4n) is 10.4. The first kappa shape index (κ1) is 66.1. The zero-order valence-corrected chi connectivity index (χ0v) is 51.1. The number of carbonyl (C=O) groups excluding carboxylic acids is 9. The second kappa shape index (κ2) is 29.7. The largest absolute Gasteiger partial charge is 0.496 e. The second-order valence-corrected chi connectivity index (χ2v) is 23.2. The number of benzene rings is 3. The minimum absolute atomic E-state index is 0.0833. The Labute approximate surface area is 498 Å². The number of carbonyl (C=O) groups is 9. The number of Topliss-reactive ketones (excluding diaryl/α,β-unsaturated/α-hetero) is 1. The fourth-order valence-corrected chi connectivity index (χ4v) is 10.4. The summed E-state index contributed by atoms with van der Waals surface area (Å²) in [7, 11) is 8.95. The summed E-state index contributed by atoms with van der Waals surface area (Å²) in [5, 5.41) is 2.83. The van der Waals surface area contributed by atoms with E-state index in [9.17, 15) is 43.2 Å². The van der Waals surface area contributed by atoms with Gasteiger partial charge in [0.05, 0.1) is 39.0 Å². The highest BCUT2D eigenvalue weighted by molar-refractivity contribution is 6.38. The van der Waals surface area contributed by atoms with Crippen LogP contribution in [0.4, 0.5) is 0 Å². The molecular formula is C63H84N6O16. The highest BCUT2D eigenvalue weighted by Gasteiger charge is 2.45. The van der Waals surface area contributed by atoms with Crippen molar-refractivity contribution in [2.24, 2.45) is 5.41 Å². The summed E-state index contributed by atoms with van der Waals surface area (Å²) in [5.74, 6) is -4.69. The van der Waals surface area contributed by atoms with Crippen LogP contribution >= 0.6 is 0 Å². The first-order valence-corrected chi connectivity index (χ1v) is 28.8. The van der Waals surface area contributed by atoms with Gasteiger partial charge in [0.1, 0.15) is 54.4 Å². The molecule has 22 nitrogen and oxygen atoms in total. The van der Waals surface area contributed by atoms with Gasteiger partial charge in [-0.15, -0.1) is 0 Å². The van der Waals surface area contributed by atoms with Crippen LogP contribution in [-0.4, -0.2) is 189 Å². The van der Waals surface area contributed by atoms with Crippen molar-refractivity contribution in [3.8, 4) is 23.0 Å². The lowest BCUT2D eigenvalue weighted by Gasteiger charge is -2.37. The number of ketones is 1. The molecule has 3 aromatic rings. The van der Waals surface area contributed by atoms with Gasteiger partial charge in [0.15, 0.2) is 18.1 Å². The summed E-state index contributed by atoms with van der Waals surface area (Å²) in [6.07, 6.45) is 4.35. The van der Waals surface area contributed by atoms with Crippen molar-refractivity contribution in [1.29, 1.82) is 0 Å². The van der Waals surface area contributed by atoms with Gasteiger partial charge in [0.25, 0.3) is 11.8 Å². The summed E-state index contributed by atoms with van der Waals surface area (Å²) in [6, 6.07) is 12.7. The molecule has 1 N–H and O–H groups in total. The molecule has 3 aromatic carbocycles. The van der Waals surface area contributed by atoms with Crippen molar-refractivity contribution in [3.63, 3.8) is 0 Å². The maximum Gasteiger partial charge on any atom is 0.330 e. The van der Waals surface area contributed by atoms with Crippen LogP contribution in [0, 0.1) is 5.41 Å². The van der Waals surface area contributed by atoms with E-state index in [1.165, 1.54) is 92.8 Å². The predicted octanol–water partition coefficient (Wildman–Crippen LogP) is 5.58. The van der Waals surface area contributed by atoms with Gasteiger partial charge >= 0.3 is 11.9 Å². The number of hydrogen-bond acceptors (Lipinski definition) is 16. The molecule has 6 amide bonds. The van der Waals surface area contributed by atoms with E-state index in [-0.39, 0.29) is 63.6 Å². The Hall–Kier alpha value is -8.01. The number of amides is 6. The number of rotatable bonds is 9. The number of methoxy groups -OCH3 is 3. The Kier molecular flexibility index (Phi) is 23.1. The molecule has 2 saturated heterocycles. The lowest BCUT2D eigenvalue weighted by Crippen LogP contribution is -2.58. The Balaban J connectivity index is 1.34. The standard InChI is InChI=1S/C63H84N6O16/c1-40-56(73)64-53(41-22-14-13-15-23-41)59(76)67(9)47(37-84-62(2,3)4)58(75)68-35-21-27-45(68)57(74)65(7)33-18-17-28-52(71)83-39-63(5,6)55(72)60(77)69-34-19-16-26-46(69)61(78)85-48(42-24-20-25-43(36-42)82-38-51(70)66(40)8)30-29-44-49(79-10)31-32-50(80-11)54(44)81-12/h13-15,17,20,22-25,28,31-32,36,40,45-48,53H,16,18-19,21,26-27,29-30,33-35,37-39H2,1-12H3,(H,64,73)/b28-17-/t40-,45-,46-,47-,48+,53?/m0/s1. The number of nitrogens with zero attached hydrogens (tertiary/aromatic N) is 5. The number of hydrogen-bond donors (Lipinski definition) is 1. The average Bonchev–Trinajstić information content (AvgIpc) is 4.02. The van der Waals surface area contributed by atoms with Gasteiger partial charge in [-0.25, -0.2) is 9.59 Å². The van der Waals surface area contributed by atoms with E-state index in [1.807, 2.05) is 0 Å². The Morgan fingerprint density at radius 2 is 1.38 bits per heavy atom. The van der Waals surface area contributed by atoms with Crippen LogP contribution in [0.1, 0.15) is 115 Å². The van der Waals surface area contributed by atoms with Gasteiger partial charge in [0, 0.05) is 52.4 Å². The molecule has 6 atom stereocenters. The predicted molar refractivity (Wildman–Crippen MR) is 312 cm³/mol. The van der Waals surface area contributed by atoms with Crippen molar-refractivity contribution in [2.75, 3.05) is 81.9 Å². The molecular weight excluding hydrogens is 1100 g/mol. The number of ether oxygens (including phenoxy) is 7. The topological polar surface area (TPSA) is 246 Å². The monoisotopic (exact) mass is 1180 g/mol. The number of nitrogens with one attached hydrogen (secondary N) is 1. The van der Waals surface area contributed by atoms with Crippen LogP contribution in [0.25, 0.3) is 0 Å². The fraction of sp³-hybridized carbons (Fsp3) is 0.540. The van der Waals surface area contributed by atoms with Crippen molar-refractivity contribution in [1.82, 2.24) is 29.8 Å². The normalized spacial score (nSPS) is 23.9. The van der Waals surface area contributed by atoms with Gasteiger partial charge in [0.2, 0.25) is 29.4 Å².